The number of methoxy groups -OCH3 is 1. The van der Waals surface area contributed by atoms with Crippen LogP contribution in [-0.4, -0.2) is 49.4 Å². The van der Waals surface area contributed by atoms with Gasteiger partial charge in [0.05, 0.1) is 17.7 Å². The topological polar surface area (TPSA) is 59.0 Å². The Morgan fingerprint density at radius 2 is 2.10 bits per heavy atom. The van der Waals surface area contributed by atoms with E-state index in [1.54, 1.807) is 11.8 Å². The molecular weight excluding hydrogens is 406 g/mol. The Kier molecular flexibility index (Phi) is 7.75. The van der Waals surface area contributed by atoms with Crippen LogP contribution in [0.15, 0.2) is 52.3 Å². The lowest BCUT2D eigenvalue weighted by Crippen LogP contribution is -2.28. The van der Waals surface area contributed by atoms with Crippen LogP contribution >= 0.6 is 23.5 Å². The van der Waals surface area contributed by atoms with Gasteiger partial charge in [0.2, 0.25) is 0 Å². The number of thioether (sulfide) groups is 2. The quantitative estimate of drug-likeness (QED) is 0.506. The summed E-state index contributed by atoms with van der Waals surface area (Å²) in [6.45, 7) is 3.07. The van der Waals surface area contributed by atoms with Crippen LogP contribution in [0.3, 0.4) is 0 Å². The fourth-order valence-corrected chi connectivity index (χ4v) is 5.03. The molecule has 0 saturated carbocycles. The third-order valence-electron chi connectivity index (χ3n) is 4.97. The number of aliphatic hydroxyl groups is 1. The molecule has 1 unspecified atom stereocenters. The maximum Gasteiger partial charge on any atom is 0.338 e. The van der Waals surface area contributed by atoms with Crippen molar-refractivity contribution < 1.29 is 19.4 Å². The minimum atomic E-state index is -1.30. The van der Waals surface area contributed by atoms with Crippen LogP contribution in [0.5, 0.6) is 5.75 Å². The van der Waals surface area contributed by atoms with Crippen molar-refractivity contribution in [3.63, 3.8) is 0 Å². The number of fused-ring (bicyclic) bond motifs is 1. The minimum absolute atomic E-state index is 0.135. The molecule has 1 aliphatic heterocycles. The molecule has 5 nitrogen and oxygen atoms in total. The molecule has 0 fully saturated rings. The van der Waals surface area contributed by atoms with Crippen LogP contribution in [0.2, 0.25) is 0 Å². The highest BCUT2D eigenvalue weighted by atomic mass is 32.2. The Morgan fingerprint density at radius 1 is 1.34 bits per heavy atom. The molecule has 1 heterocycles. The first-order valence-corrected chi connectivity index (χ1v) is 11.8. The van der Waals surface area contributed by atoms with E-state index in [0.717, 1.165) is 28.5 Å². The van der Waals surface area contributed by atoms with Crippen LogP contribution in [0, 0.1) is 5.92 Å². The highest BCUT2D eigenvalue weighted by molar-refractivity contribution is 7.99. The molecule has 156 valence electrons. The molecule has 7 heteroatoms. The fraction of sp³-hybridized carbons (Fsp3) is 0.409. The molecule has 0 aliphatic carbocycles. The Bertz CT molecular complexity index is 831. The van der Waals surface area contributed by atoms with Gasteiger partial charge in [0.15, 0.2) is 6.10 Å². The number of carbonyl (C=O) groups excluding carboxylic acids is 1. The van der Waals surface area contributed by atoms with E-state index in [2.05, 4.69) is 46.9 Å². The van der Waals surface area contributed by atoms with Crippen LogP contribution in [-0.2, 0) is 9.53 Å². The van der Waals surface area contributed by atoms with Crippen molar-refractivity contribution in [2.75, 3.05) is 37.2 Å². The molecule has 1 N–H and O–H groups in total. The summed E-state index contributed by atoms with van der Waals surface area (Å²) in [4.78, 5) is 16.0. The van der Waals surface area contributed by atoms with E-state index < -0.39 is 12.1 Å². The predicted octanol–water partition coefficient (Wildman–Crippen LogP) is 4.59. The normalized spacial score (nSPS) is 17.2. The second-order valence-corrected chi connectivity index (χ2v) is 8.76. The SMILES string of the molecule is CC[C@@H]1CSc2cc(OCC(O)C(=O)OC)c(SC)cc2N(c2ccccc2)C1. The molecule has 0 saturated heterocycles. The van der Waals surface area contributed by atoms with Crippen molar-refractivity contribution in [2.45, 2.75) is 29.2 Å². The lowest BCUT2D eigenvalue weighted by atomic mass is 10.1. The second-order valence-electron chi connectivity index (χ2n) is 6.85. The summed E-state index contributed by atoms with van der Waals surface area (Å²) in [5, 5.41) is 9.86. The molecule has 0 radical (unpaired) electrons. The number of anilines is 2. The molecule has 29 heavy (non-hydrogen) atoms. The van der Waals surface area contributed by atoms with E-state index in [-0.39, 0.29) is 6.61 Å². The number of carbonyl (C=O) groups is 1. The summed E-state index contributed by atoms with van der Waals surface area (Å²) in [5.41, 5.74) is 2.35. The molecule has 0 amide bonds. The zero-order valence-corrected chi connectivity index (χ0v) is 18.6. The van der Waals surface area contributed by atoms with E-state index in [9.17, 15) is 9.90 Å². The number of ether oxygens (including phenoxy) is 2. The van der Waals surface area contributed by atoms with E-state index in [1.807, 2.05) is 30.2 Å². The standard InChI is InChI=1S/C22H27NO4S2/c1-4-15-12-23(16-8-6-5-7-9-16)17-10-21(28-3)19(11-20(17)29-14-15)27-13-18(24)22(25)26-2/h5-11,15,18,24H,4,12-14H2,1-3H3/t15-,18?/m0/s1. The molecule has 1 aliphatic rings. The van der Waals surface area contributed by atoms with Gasteiger partial charge in [-0.2, -0.15) is 0 Å². The monoisotopic (exact) mass is 433 g/mol. The Hall–Kier alpha value is -1.83. The average Bonchev–Trinajstić information content (AvgIpc) is 2.95. The Balaban J connectivity index is 1.95. The van der Waals surface area contributed by atoms with Gasteiger partial charge in [0.25, 0.3) is 0 Å². The Morgan fingerprint density at radius 3 is 2.76 bits per heavy atom. The molecule has 2 aromatic rings. The van der Waals surface area contributed by atoms with Crippen LogP contribution in [0.4, 0.5) is 11.4 Å². The van der Waals surface area contributed by atoms with Gasteiger partial charge >= 0.3 is 5.97 Å². The van der Waals surface area contributed by atoms with Crippen LogP contribution < -0.4 is 9.64 Å². The van der Waals surface area contributed by atoms with Crippen molar-refractivity contribution >= 4 is 40.9 Å². The van der Waals surface area contributed by atoms with E-state index in [1.165, 1.54) is 18.5 Å². The third-order valence-corrected chi connectivity index (χ3v) is 7.00. The van der Waals surface area contributed by atoms with Gasteiger partial charge in [-0.1, -0.05) is 31.5 Å². The number of para-hydroxylation sites is 1. The predicted molar refractivity (Wildman–Crippen MR) is 120 cm³/mol. The van der Waals surface area contributed by atoms with Crippen molar-refractivity contribution in [3.05, 3.63) is 42.5 Å². The van der Waals surface area contributed by atoms with Crippen LogP contribution in [0.1, 0.15) is 13.3 Å². The maximum absolute atomic E-state index is 11.5. The molecule has 3 rings (SSSR count). The smallest absolute Gasteiger partial charge is 0.338 e. The molecule has 2 aromatic carbocycles. The van der Waals surface area contributed by atoms with Crippen LogP contribution in [0.25, 0.3) is 0 Å². The minimum Gasteiger partial charge on any atom is -0.489 e. The number of nitrogens with zero attached hydrogens (tertiary/aromatic N) is 1. The van der Waals surface area contributed by atoms with Gasteiger partial charge in [0.1, 0.15) is 12.4 Å². The molecule has 0 spiro atoms. The van der Waals surface area contributed by atoms with Gasteiger partial charge in [-0.05, 0) is 36.4 Å². The van der Waals surface area contributed by atoms with E-state index >= 15 is 0 Å². The number of rotatable bonds is 7. The summed E-state index contributed by atoms with van der Waals surface area (Å²) < 4.78 is 10.4. The van der Waals surface area contributed by atoms with Gasteiger partial charge in [-0.25, -0.2) is 4.79 Å². The lowest BCUT2D eigenvalue weighted by molar-refractivity contribution is -0.151. The van der Waals surface area contributed by atoms with Gasteiger partial charge in [0, 0.05) is 22.9 Å². The first-order valence-electron chi connectivity index (χ1n) is 9.63. The zero-order chi connectivity index (χ0) is 20.8. The lowest BCUT2D eigenvalue weighted by Gasteiger charge is -2.28. The summed E-state index contributed by atoms with van der Waals surface area (Å²) >= 11 is 3.42. The van der Waals surface area contributed by atoms with Crippen molar-refractivity contribution in [3.8, 4) is 5.75 Å². The largest absolute Gasteiger partial charge is 0.489 e. The zero-order valence-electron chi connectivity index (χ0n) is 17.0. The van der Waals surface area contributed by atoms with Gasteiger partial charge < -0.3 is 19.5 Å². The number of aliphatic hydroxyl groups excluding tert-OH is 1. The molecule has 0 aromatic heterocycles. The first-order chi connectivity index (χ1) is 14.1. The summed E-state index contributed by atoms with van der Waals surface area (Å²) in [6, 6.07) is 14.6. The van der Waals surface area contributed by atoms with Crippen molar-refractivity contribution in [1.82, 2.24) is 0 Å². The number of hydrogen-bond donors (Lipinski definition) is 1. The van der Waals surface area contributed by atoms with E-state index in [4.69, 9.17) is 4.74 Å². The number of hydrogen-bond acceptors (Lipinski definition) is 7. The highest BCUT2D eigenvalue weighted by Crippen LogP contribution is 2.45. The first kappa shape index (κ1) is 21.9. The van der Waals surface area contributed by atoms with E-state index in [0.29, 0.717) is 11.7 Å². The maximum atomic E-state index is 11.5. The van der Waals surface area contributed by atoms with Crippen molar-refractivity contribution in [2.24, 2.45) is 5.92 Å². The molecule has 0 bridgehead atoms. The van der Waals surface area contributed by atoms with Gasteiger partial charge in [-0.15, -0.1) is 23.5 Å². The van der Waals surface area contributed by atoms with Crippen molar-refractivity contribution in [1.29, 1.82) is 0 Å². The summed E-state index contributed by atoms with van der Waals surface area (Å²) in [5.74, 6) is 1.60. The third kappa shape index (κ3) is 5.21. The average molecular weight is 434 g/mol. The Labute approximate surface area is 180 Å². The number of benzene rings is 2. The fourth-order valence-electron chi connectivity index (χ4n) is 3.22. The number of esters is 1. The molecular formula is C22H27NO4S2. The summed E-state index contributed by atoms with van der Waals surface area (Å²) in [6.07, 6.45) is 1.82. The summed E-state index contributed by atoms with van der Waals surface area (Å²) in [7, 11) is 1.25. The second kappa shape index (κ2) is 10.3. The highest BCUT2D eigenvalue weighted by Gasteiger charge is 2.25. The van der Waals surface area contributed by atoms with Gasteiger partial charge in [-0.3, -0.25) is 0 Å². The molecule has 2 atom stereocenters.